The van der Waals surface area contributed by atoms with Crippen molar-refractivity contribution in [3.8, 4) is 0 Å². The molecule has 22 heavy (non-hydrogen) atoms. The first-order valence-corrected chi connectivity index (χ1v) is 6.67. The highest BCUT2D eigenvalue weighted by Gasteiger charge is 2.13. The summed E-state index contributed by atoms with van der Waals surface area (Å²) < 4.78 is 4.63. The van der Waals surface area contributed by atoms with Crippen molar-refractivity contribution in [3.63, 3.8) is 0 Å². The van der Waals surface area contributed by atoms with Gasteiger partial charge in [0.1, 0.15) is 5.69 Å². The number of nitrogens with zero attached hydrogens (tertiary/aromatic N) is 1. The quantitative estimate of drug-likeness (QED) is 0.520. The molecule has 2 rings (SSSR count). The Balaban J connectivity index is 2.10. The monoisotopic (exact) mass is 300 g/mol. The number of ether oxygens (including phenoxy) is 1. The molecule has 0 aromatic heterocycles. The van der Waals surface area contributed by atoms with E-state index in [1.807, 2.05) is 13.0 Å². The van der Waals surface area contributed by atoms with Crippen LogP contribution in [0, 0.1) is 17.0 Å². The number of rotatable bonds is 5. The van der Waals surface area contributed by atoms with Gasteiger partial charge >= 0.3 is 5.97 Å². The van der Waals surface area contributed by atoms with Crippen LogP contribution in [0.15, 0.2) is 42.5 Å². The normalized spacial score (nSPS) is 10.1. The van der Waals surface area contributed by atoms with Crippen molar-refractivity contribution in [2.24, 2.45) is 0 Å². The lowest BCUT2D eigenvalue weighted by molar-refractivity contribution is -0.384. The summed E-state index contributed by atoms with van der Waals surface area (Å²) in [6.45, 7) is 2.23. The predicted octanol–water partition coefficient (Wildman–Crippen LogP) is 3.30. The van der Waals surface area contributed by atoms with Gasteiger partial charge in [0.15, 0.2) is 0 Å². The van der Waals surface area contributed by atoms with Gasteiger partial charge in [0.2, 0.25) is 0 Å². The van der Waals surface area contributed by atoms with Crippen LogP contribution in [0.2, 0.25) is 0 Å². The van der Waals surface area contributed by atoms with Crippen LogP contribution in [0.4, 0.5) is 11.4 Å². The van der Waals surface area contributed by atoms with Gasteiger partial charge in [0.05, 0.1) is 17.6 Å². The lowest BCUT2D eigenvalue weighted by Gasteiger charge is -2.08. The molecular weight excluding hydrogens is 284 g/mol. The summed E-state index contributed by atoms with van der Waals surface area (Å²) >= 11 is 0. The Morgan fingerprint density at radius 2 is 1.91 bits per heavy atom. The maximum Gasteiger partial charge on any atom is 0.337 e. The first-order chi connectivity index (χ1) is 10.5. The number of methoxy groups -OCH3 is 1. The van der Waals surface area contributed by atoms with Crippen LogP contribution >= 0.6 is 0 Å². The van der Waals surface area contributed by atoms with Gasteiger partial charge in [-0.2, -0.15) is 0 Å². The van der Waals surface area contributed by atoms with E-state index in [0.29, 0.717) is 17.8 Å². The van der Waals surface area contributed by atoms with Crippen molar-refractivity contribution >= 4 is 17.3 Å². The highest BCUT2D eigenvalue weighted by Crippen LogP contribution is 2.25. The average Bonchev–Trinajstić information content (AvgIpc) is 2.53. The summed E-state index contributed by atoms with van der Waals surface area (Å²) in [6.07, 6.45) is 0. The third-order valence-electron chi connectivity index (χ3n) is 3.21. The molecule has 0 atom stereocenters. The number of hydrogen-bond acceptors (Lipinski definition) is 5. The van der Waals surface area contributed by atoms with Crippen molar-refractivity contribution in [1.82, 2.24) is 0 Å². The number of carbonyl (C=O) groups excluding carboxylic acids is 1. The number of esters is 1. The summed E-state index contributed by atoms with van der Waals surface area (Å²) in [6, 6.07) is 11.9. The molecule has 6 heteroatoms. The SMILES string of the molecule is COC(=O)c1ccc(CNc2ccc(C)cc2[N+](=O)[O-])cc1. The molecule has 0 bridgehead atoms. The van der Waals surface area contributed by atoms with Gasteiger partial charge in [0.25, 0.3) is 5.69 Å². The van der Waals surface area contributed by atoms with E-state index < -0.39 is 10.9 Å². The second kappa shape index (κ2) is 6.71. The Kier molecular flexibility index (Phi) is 4.73. The van der Waals surface area contributed by atoms with E-state index >= 15 is 0 Å². The molecule has 2 aromatic carbocycles. The molecule has 0 radical (unpaired) electrons. The third kappa shape index (κ3) is 3.60. The van der Waals surface area contributed by atoms with E-state index in [1.54, 1.807) is 30.3 Å². The topological polar surface area (TPSA) is 81.5 Å². The van der Waals surface area contributed by atoms with E-state index in [1.165, 1.54) is 13.2 Å². The molecule has 0 aliphatic rings. The summed E-state index contributed by atoms with van der Waals surface area (Å²) in [7, 11) is 1.33. The maximum atomic E-state index is 11.3. The molecule has 0 fully saturated rings. The van der Waals surface area contributed by atoms with Gasteiger partial charge in [-0.1, -0.05) is 18.2 Å². The first kappa shape index (κ1) is 15.5. The van der Waals surface area contributed by atoms with Crippen LogP contribution in [0.1, 0.15) is 21.5 Å². The lowest BCUT2D eigenvalue weighted by Crippen LogP contribution is -2.04. The number of nitro groups is 1. The Hall–Kier alpha value is -2.89. The van der Waals surface area contributed by atoms with Crippen molar-refractivity contribution in [1.29, 1.82) is 0 Å². The largest absolute Gasteiger partial charge is 0.465 e. The zero-order chi connectivity index (χ0) is 16.1. The minimum Gasteiger partial charge on any atom is -0.465 e. The second-order valence-electron chi connectivity index (χ2n) is 4.82. The molecule has 0 amide bonds. The summed E-state index contributed by atoms with van der Waals surface area (Å²) in [4.78, 5) is 22.0. The van der Waals surface area contributed by atoms with Crippen molar-refractivity contribution in [2.75, 3.05) is 12.4 Å². The standard InChI is InChI=1S/C16H16N2O4/c1-11-3-8-14(15(9-11)18(20)21)17-10-12-4-6-13(7-5-12)16(19)22-2/h3-9,17H,10H2,1-2H3. The molecule has 2 aromatic rings. The molecule has 0 aliphatic heterocycles. The Labute approximate surface area is 127 Å². The van der Waals surface area contributed by atoms with E-state index in [9.17, 15) is 14.9 Å². The fraction of sp³-hybridized carbons (Fsp3) is 0.188. The fourth-order valence-corrected chi connectivity index (χ4v) is 2.02. The van der Waals surface area contributed by atoms with Crippen molar-refractivity contribution < 1.29 is 14.5 Å². The second-order valence-corrected chi connectivity index (χ2v) is 4.82. The van der Waals surface area contributed by atoms with Crippen molar-refractivity contribution in [3.05, 3.63) is 69.3 Å². The number of nitrogens with one attached hydrogen (secondary N) is 1. The molecule has 6 nitrogen and oxygen atoms in total. The average molecular weight is 300 g/mol. The van der Waals surface area contributed by atoms with E-state index in [2.05, 4.69) is 10.1 Å². The maximum absolute atomic E-state index is 11.3. The zero-order valence-electron chi connectivity index (χ0n) is 12.3. The predicted molar refractivity (Wildman–Crippen MR) is 82.9 cm³/mol. The Morgan fingerprint density at radius 3 is 2.50 bits per heavy atom. The fourth-order valence-electron chi connectivity index (χ4n) is 2.02. The molecular formula is C16H16N2O4. The summed E-state index contributed by atoms with van der Waals surface area (Å²) in [5.41, 5.74) is 2.72. The Morgan fingerprint density at radius 1 is 1.23 bits per heavy atom. The van der Waals surface area contributed by atoms with E-state index in [0.717, 1.165) is 11.1 Å². The van der Waals surface area contributed by atoms with Crippen LogP contribution < -0.4 is 5.32 Å². The molecule has 0 saturated carbocycles. The van der Waals surface area contributed by atoms with Crippen LogP contribution in [0.5, 0.6) is 0 Å². The van der Waals surface area contributed by atoms with Gasteiger partial charge in [0, 0.05) is 12.6 Å². The Bertz CT molecular complexity index is 696. The molecule has 0 heterocycles. The van der Waals surface area contributed by atoms with Crippen LogP contribution in [0.3, 0.4) is 0 Å². The molecule has 0 saturated heterocycles. The van der Waals surface area contributed by atoms with E-state index in [4.69, 9.17) is 0 Å². The molecule has 114 valence electrons. The minimum absolute atomic E-state index is 0.0474. The molecule has 0 unspecified atom stereocenters. The number of nitro benzene ring substituents is 1. The van der Waals surface area contributed by atoms with E-state index in [-0.39, 0.29) is 5.69 Å². The summed E-state index contributed by atoms with van der Waals surface area (Å²) in [5, 5.41) is 14.1. The molecule has 0 aliphatic carbocycles. The van der Waals surface area contributed by atoms with Gasteiger partial charge in [-0.15, -0.1) is 0 Å². The van der Waals surface area contributed by atoms with Gasteiger partial charge in [-0.05, 0) is 36.2 Å². The number of carbonyl (C=O) groups is 1. The van der Waals surface area contributed by atoms with Gasteiger partial charge in [-0.3, -0.25) is 10.1 Å². The minimum atomic E-state index is -0.407. The highest BCUT2D eigenvalue weighted by molar-refractivity contribution is 5.89. The molecule has 0 spiro atoms. The highest BCUT2D eigenvalue weighted by atomic mass is 16.6. The number of benzene rings is 2. The van der Waals surface area contributed by atoms with Gasteiger partial charge < -0.3 is 10.1 Å². The van der Waals surface area contributed by atoms with Crippen LogP contribution in [0.25, 0.3) is 0 Å². The first-order valence-electron chi connectivity index (χ1n) is 6.67. The smallest absolute Gasteiger partial charge is 0.337 e. The van der Waals surface area contributed by atoms with Gasteiger partial charge in [-0.25, -0.2) is 4.79 Å². The number of aryl methyl sites for hydroxylation is 1. The van der Waals surface area contributed by atoms with Crippen LogP contribution in [-0.4, -0.2) is 18.0 Å². The van der Waals surface area contributed by atoms with Crippen molar-refractivity contribution in [2.45, 2.75) is 13.5 Å². The third-order valence-corrected chi connectivity index (χ3v) is 3.21. The lowest BCUT2D eigenvalue weighted by atomic mass is 10.1. The summed E-state index contributed by atoms with van der Waals surface area (Å²) in [5.74, 6) is -0.395. The number of hydrogen-bond donors (Lipinski definition) is 1. The van der Waals surface area contributed by atoms with Crippen LogP contribution in [-0.2, 0) is 11.3 Å². The zero-order valence-corrected chi connectivity index (χ0v) is 12.3. The number of anilines is 1. The molecule has 1 N–H and O–H groups in total.